The highest BCUT2D eigenvalue weighted by Crippen LogP contribution is 2.67. The molecule has 1 saturated heterocycles. The predicted octanol–water partition coefficient (Wildman–Crippen LogP) is 5.48. The minimum absolute atomic E-state index is 0.0560. The summed E-state index contributed by atoms with van der Waals surface area (Å²) in [6.07, 6.45) is 7.62. The third kappa shape index (κ3) is 3.97. The van der Waals surface area contributed by atoms with E-state index < -0.39 is 11.4 Å². The van der Waals surface area contributed by atoms with Gasteiger partial charge in [-0.05, 0) is 82.0 Å². The van der Waals surface area contributed by atoms with Gasteiger partial charge in [-0.1, -0.05) is 20.8 Å². The zero-order valence-electron chi connectivity index (χ0n) is 21.4. The van der Waals surface area contributed by atoms with Crippen LogP contribution in [-0.2, 0) is 14.4 Å². The van der Waals surface area contributed by atoms with Crippen molar-refractivity contribution < 1.29 is 19.5 Å². The molecule has 0 aromatic carbocycles. The van der Waals surface area contributed by atoms with Crippen LogP contribution >= 0.6 is 0 Å². The summed E-state index contributed by atoms with van der Waals surface area (Å²) in [6.45, 7) is 14.0. The molecule has 4 aliphatic rings. The molecule has 6 atom stereocenters. The van der Waals surface area contributed by atoms with Crippen LogP contribution in [0.1, 0.15) is 92.9 Å². The van der Waals surface area contributed by atoms with Gasteiger partial charge in [-0.15, -0.1) is 0 Å². The van der Waals surface area contributed by atoms with Crippen molar-refractivity contribution in [2.75, 3.05) is 6.54 Å². The van der Waals surface area contributed by atoms with E-state index in [1.165, 1.54) is 5.70 Å². The fourth-order valence-corrected chi connectivity index (χ4v) is 8.40. The lowest BCUT2D eigenvalue weighted by Gasteiger charge is -2.63. The lowest BCUT2D eigenvalue weighted by atomic mass is 9.48. The van der Waals surface area contributed by atoms with E-state index in [4.69, 9.17) is 0 Å². The molecule has 1 heterocycles. The van der Waals surface area contributed by atoms with Gasteiger partial charge in [0.1, 0.15) is 5.78 Å². The van der Waals surface area contributed by atoms with Crippen LogP contribution in [-0.4, -0.2) is 39.6 Å². The van der Waals surface area contributed by atoms with Crippen molar-refractivity contribution in [2.45, 2.75) is 98.4 Å². The molecule has 0 spiro atoms. The lowest BCUT2D eigenvalue weighted by molar-refractivity contribution is -0.152. The Morgan fingerprint density at radius 1 is 1.15 bits per heavy atom. The Kier molecular flexibility index (Phi) is 6.11. The third-order valence-corrected chi connectivity index (χ3v) is 9.72. The van der Waals surface area contributed by atoms with Crippen molar-refractivity contribution in [2.24, 2.45) is 40.4 Å². The van der Waals surface area contributed by atoms with Crippen molar-refractivity contribution in [1.82, 2.24) is 4.90 Å². The number of Topliss-reactive ketones (excluding diaryl/α,β-unsaturated/α-hetero) is 1. The maximum absolute atomic E-state index is 13.4. The van der Waals surface area contributed by atoms with Gasteiger partial charge in [-0.3, -0.25) is 14.4 Å². The highest BCUT2D eigenvalue weighted by Gasteiger charge is 2.64. The molecule has 0 aromatic heterocycles. The van der Waals surface area contributed by atoms with Crippen molar-refractivity contribution in [3.05, 3.63) is 11.8 Å². The average Bonchev–Trinajstić information content (AvgIpc) is 3.05. The topological polar surface area (TPSA) is 74.7 Å². The molecule has 5 heteroatoms. The number of rotatable bonds is 5. The number of carbonyl (C=O) groups excluding carboxylic acids is 2. The largest absolute Gasteiger partial charge is 0.481 e. The summed E-state index contributed by atoms with van der Waals surface area (Å²) in [7, 11) is 0. The van der Waals surface area contributed by atoms with Gasteiger partial charge in [0.25, 0.3) is 0 Å². The lowest BCUT2D eigenvalue weighted by Crippen LogP contribution is -2.61. The van der Waals surface area contributed by atoms with E-state index in [9.17, 15) is 19.5 Å². The van der Waals surface area contributed by atoms with E-state index in [2.05, 4.69) is 46.4 Å². The molecule has 0 unspecified atom stereocenters. The molecule has 0 bridgehead atoms. The Labute approximate surface area is 199 Å². The second-order valence-corrected chi connectivity index (χ2v) is 13.1. The van der Waals surface area contributed by atoms with Gasteiger partial charge in [0, 0.05) is 48.0 Å². The van der Waals surface area contributed by atoms with Crippen LogP contribution in [0, 0.1) is 40.4 Å². The Morgan fingerprint density at radius 2 is 1.85 bits per heavy atom. The van der Waals surface area contributed by atoms with E-state index in [1.54, 1.807) is 0 Å². The van der Waals surface area contributed by atoms with Crippen LogP contribution in [0.3, 0.4) is 0 Å². The summed E-state index contributed by atoms with van der Waals surface area (Å²) in [5.74, 6) is 0.994. The van der Waals surface area contributed by atoms with Crippen LogP contribution in [0.2, 0.25) is 0 Å². The Morgan fingerprint density at radius 3 is 2.45 bits per heavy atom. The van der Waals surface area contributed by atoms with Crippen LogP contribution in [0.15, 0.2) is 11.8 Å². The molecule has 33 heavy (non-hydrogen) atoms. The average molecular weight is 458 g/mol. The predicted molar refractivity (Wildman–Crippen MR) is 128 cm³/mol. The number of likely N-dealkylation sites (tertiary alicyclic amines) is 1. The van der Waals surface area contributed by atoms with Crippen molar-refractivity contribution >= 4 is 17.5 Å². The number of carboxylic acids is 1. The summed E-state index contributed by atoms with van der Waals surface area (Å²) in [6, 6.07) is 0. The number of allylic oxidation sites excluding steroid dienone is 2. The number of hydrogen-bond donors (Lipinski definition) is 1. The van der Waals surface area contributed by atoms with Gasteiger partial charge in [0.05, 0.1) is 6.42 Å². The van der Waals surface area contributed by atoms with Gasteiger partial charge >= 0.3 is 5.97 Å². The first-order valence-electron chi connectivity index (χ1n) is 13.1. The van der Waals surface area contributed by atoms with Gasteiger partial charge < -0.3 is 10.0 Å². The number of ketones is 2. The molecule has 0 radical (unpaired) electrons. The number of piperidine rings is 1. The van der Waals surface area contributed by atoms with Crippen LogP contribution in [0.5, 0.6) is 0 Å². The minimum atomic E-state index is -0.763. The summed E-state index contributed by atoms with van der Waals surface area (Å²) >= 11 is 0. The minimum Gasteiger partial charge on any atom is -0.481 e. The zero-order chi connectivity index (χ0) is 24.3. The molecule has 3 aliphatic carbocycles. The summed E-state index contributed by atoms with van der Waals surface area (Å²) in [5, 5.41) is 9.97. The molecule has 0 amide bonds. The fourth-order valence-electron chi connectivity index (χ4n) is 8.40. The fraction of sp³-hybridized carbons (Fsp3) is 0.821. The van der Waals surface area contributed by atoms with E-state index in [1.807, 2.05) is 6.08 Å². The Balaban J connectivity index is 1.76. The number of hydrogen-bond acceptors (Lipinski definition) is 4. The molecule has 2 saturated carbocycles. The van der Waals surface area contributed by atoms with Crippen LogP contribution in [0.25, 0.3) is 0 Å². The molecular weight excluding hydrogens is 414 g/mol. The molecule has 0 aromatic rings. The summed E-state index contributed by atoms with van der Waals surface area (Å²) < 4.78 is 0. The maximum Gasteiger partial charge on any atom is 0.303 e. The SMILES string of the molecule is CC(C)CC(=O)[C@H]1CC[C@H]2[C@@H]3CN(C(C)(C)C)C4=CC(=O)CC[C@]4(C)[C@H]3CC[C@]12CC(=O)O. The Hall–Kier alpha value is -1.65. The number of carbonyl (C=O) groups is 3. The first-order chi connectivity index (χ1) is 15.3. The van der Waals surface area contributed by atoms with E-state index >= 15 is 0 Å². The van der Waals surface area contributed by atoms with Crippen LogP contribution < -0.4 is 0 Å². The quantitative estimate of drug-likeness (QED) is 0.591. The molecular formula is C28H43NO4. The zero-order valence-corrected chi connectivity index (χ0v) is 21.4. The van der Waals surface area contributed by atoms with Crippen LogP contribution in [0.4, 0.5) is 0 Å². The van der Waals surface area contributed by atoms with Gasteiger partial charge in [-0.25, -0.2) is 0 Å². The monoisotopic (exact) mass is 457 g/mol. The standard InChI is InChI=1S/C28H43NO4/c1-17(2)13-23(31)22-8-7-21-19-16-29(26(3,4)5)24-14-18(30)9-11-27(24,6)20(19)10-12-28(21,22)15-25(32)33/h14,17,19-22H,7-13,15-16H2,1-6H3,(H,32,33)/t19-,20+,21+,22-,27-,28-/m1/s1. The molecule has 1 aliphatic heterocycles. The van der Waals surface area contributed by atoms with Crippen molar-refractivity contribution in [1.29, 1.82) is 0 Å². The second kappa shape index (κ2) is 8.23. The first-order valence-corrected chi connectivity index (χ1v) is 13.1. The number of aliphatic carboxylic acids is 1. The summed E-state index contributed by atoms with van der Waals surface area (Å²) in [5.41, 5.74) is 0.613. The normalized spacial score (nSPS) is 38.5. The highest BCUT2D eigenvalue weighted by molar-refractivity contribution is 5.91. The first kappa shape index (κ1) is 24.5. The summed E-state index contributed by atoms with van der Waals surface area (Å²) in [4.78, 5) is 40.4. The molecule has 184 valence electrons. The molecule has 1 N–H and O–H groups in total. The number of nitrogens with zero attached hydrogens (tertiary/aromatic N) is 1. The highest BCUT2D eigenvalue weighted by atomic mass is 16.4. The van der Waals surface area contributed by atoms with Crippen molar-refractivity contribution in [3.8, 4) is 0 Å². The van der Waals surface area contributed by atoms with Gasteiger partial charge in [-0.2, -0.15) is 0 Å². The van der Waals surface area contributed by atoms with E-state index in [0.717, 1.165) is 38.6 Å². The molecule has 3 fully saturated rings. The maximum atomic E-state index is 13.4. The van der Waals surface area contributed by atoms with E-state index in [0.29, 0.717) is 30.6 Å². The van der Waals surface area contributed by atoms with Gasteiger partial charge in [0.2, 0.25) is 0 Å². The number of carboxylic acid groups (broad SMARTS) is 1. The third-order valence-electron chi connectivity index (χ3n) is 9.72. The number of fused-ring (bicyclic) bond motifs is 5. The Bertz CT molecular complexity index is 868. The molecule has 4 rings (SSSR count). The van der Waals surface area contributed by atoms with E-state index in [-0.39, 0.29) is 40.8 Å². The second-order valence-electron chi connectivity index (χ2n) is 13.1. The molecule has 5 nitrogen and oxygen atoms in total. The smallest absolute Gasteiger partial charge is 0.303 e. The van der Waals surface area contributed by atoms with Crippen molar-refractivity contribution in [3.63, 3.8) is 0 Å². The van der Waals surface area contributed by atoms with Gasteiger partial charge in [0.15, 0.2) is 5.78 Å².